The Balaban J connectivity index is 1.53. The minimum atomic E-state index is -0.362. The standard InChI is InChI=1S/C19H27N5O/c1-15(24-14-20-13-22-24)19(25)21-12-16-8-10-18(11-9-16)23(2)17-6-4-3-5-7-17/h8-11,13-15,17H,3-7,12H2,1-2H3,(H,21,25). The Labute approximate surface area is 149 Å². The molecule has 1 aromatic heterocycles. The van der Waals surface area contributed by atoms with Gasteiger partial charge in [-0.2, -0.15) is 5.10 Å². The van der Waals surface area contributed by atoms with Crippen LogP contribution in [-0.2, 0) is 11.3 Å². The van der Waals surface area contributed by atoms with Gasteiger partial charge in [0, 0.05) is 25.3 Å². The van der Waals surface area contributed by atoms with Crippen LogP contribution in [0.15, 0.2) is 36.9 Å². The SMILES string of the molecule is CC(C(=O)NCc1ccc(N(C)C2CCCCC2)cc1)n1cncn1. The molecule has 1 heterocycles. The predicted octanol–water partition coefficient (Wildman–Crippen LogP) is 2.92. The molecule has 0 aliphatic heterocycles. The second kappa shape index (κ2) is 8.14. The summed E-state index contributed by atoms with van der Waals surface area (Å²) < 4.78 is 1.55. The first-order chi connectivity index (χ1) is 12.1. The number of nitrogens with one attached hydrogen (secondary N) is 1. The second-order valence-electron chi connectivity index (χ2n) is 6.84. The minimum Gasteiger partial charge on any atom is -0.372 e. The average Bonchev–Trinajstić information content (AvgIpc) is 3.21. The monoisotopic (exact) mass is 341 g/mol. The third kappa shape index (κ3) is 4.38. The lowest BCUT2D eigenvalue weighted by Gasteiger charge is -2.33. The van der Waals surface area contributed by atoms with E-state index in [0.29, 0.717) is 12.6 Å². The van der Waals surface area contributed by atoms with Crippen LogP contribution in [0.5, 0.6) is 0 Å². The average molecular weight is 341 g/mol. The Morgan fingerprint density at radius 1 is 1.28 bits per heavy atom. The van der Waals surface area contributed by atoms with E-state index in [1.807, 2.05) is 6.92 Å². The summed E-state index contributed by atoms with van der Waals surface area (Å²) in [5.41, 5.74) is 2.35. The van der Waals surface area contributed by atoms with E-state index in [-0.39, 0.29) is 11.9 Å². The second-order valence-corrected chi connectivity index (χ2v) is 6.84. The Bertz CT molecular complexity index is 662. The Morgan fingerprint density at radius 3 is 2.64 bits per heavy atom. The lowest BCUT2D eigenvalue weighted by molar-refractivity contribution is -0.124. The van der Waals surface area contributed by atoms with Crippen LogP contribution in [0.25, 0.3) is 0 Å². The molecule has 1 unspecified atom stereocenters. The first-order valence-electron chi connectivity index (χ1n) is 9.09. The largest absolute Gasteiger partial charge is 0.372 e. The molecule has 1 amide bonds. The fraction of sp³-hybridized carbons (Fsp3) is 0.526. The molecular weight excluding hydrogens is 314 g/mol. The fourth-order valence-corrected chi connectivity index (χ4v) is 3.40. The van der Waals surface area contributed by atoms with E-state index >= 15 is 0 Å². The van der Waals surface area contributed by atoms with Crippen LogP contribution in [0.4, 0.5) is 5.69 Å². The van der Waals surface area contributed by atoms with Gasteiger partial charge in [-0.15, -0.1) is 0 Å². The molecular formula is C19H27N5O. The van der Waals surface area contributed by atoms with Crippen LogP contribution in [0.2, 0.25) is 0 Å². The fourth-order valence-electron chi connectivity index (χ4n) is 3.40. The normalized spacial score (nSPS) is 16.4. The highest BCUT2D eigenvalue weighted by Crippen LogP contribution is 2.26. The number of amides is 1. The number of anilines is 1. The zero-order valence-electron chi connectivity index (χ0n) is 15.1. The molecule has 25 heavy (non-hydrogen) atoms. The summed E-state index contributed by atoms with van der Waals surface area (Å²) >= 11 is 0. The summed E-state index contributed by atoms with van der Waals surface area (Å²) in [6.07, 6.45) is 9.61. The molecule has 6 nitrogen and oxygen atoms in total. The topological polar surface area (TPSA) is 63.1 Å². The van der Waals surface area contributed by atoms with Gasteiger partial charge in [0.05, 0.1) is 0 Å². The lowest BCUT2D eigenvalue weighted by atomic mass is 9.94. The maximum Gasteiger partial charge on any atom is 0.244 e. The van der Waals surface area contributed by atoms with Gasteiger partial charge in [-0.3, -0.25) is 4.79 Å². The van der Waals surface area contributed by atoms with Crippen LogP contribution in [0, 0.1) is 0 Å². The van der Waals surface area contributed by atoms with Gasteiger partial charge in [0.15, 0.2) is 0 Å². The molecule has 1 aromatic carbocycles. The Morgan fingerprint density at radius 2 is 2.00 bits per heavy atom. The van der Waals surface area contributed by atoms with Crippen molar-refractivity contribution in [2.45, 2.75) is 57.7 Å². The highest BCUT2D eigenvalue weighted by molar-refractivity contribution is 5.79. The zero-order chi connectivity index (χ0) is 17.6. The molecule has 1 atom stereocenters. The van der Waals surface area contributed by atoms with Crippen molar-refractivity contribution in [1.29, 1.82) is 0 Å². The summed E-state index contributed by atoms with van der Waals surface area (Å²) in [6, 6.07) is 8.78. The number of hydrogen-bond donors (Lipinski definition) is 1. The molecule has 0 bridgehead atoms. The van der Waals surface area contributed by atoms with Gasteiger partial charge in [-0.05, 0) is 37.5 Å². The number of hydrogen-bond acceptors (Lipinski definition) is 4. The molecule has 0 saturated heterocycles. The van der Waals surface area contributed by atoms with Crippen molar-refractivity contribution in [3.63, 3.8) is 0 Å². The van der Waals surface area contributed by atoms with E-state index in [9.17, 15) is 4.79 Å². The molecule has 0 spiro atoms. The number of carbonyl (C=O) groups excluding carboxylic acids is 1. The third-order valence-corrected chi connectivity index (χ3v) is 5.15. The number of carbonyl (C=O) groups is 1. The van der Waals surface area contributed by atoms with Crippen molar-refractivity contribution < 1.29 is 4.79 Å². The zero-order valence-corrected chi connectivity index (χ0v) is 15.1. The van der Waals surface area contributed by atoms with Crippen molar-refractivity contribution in [2.75, 3.05) is 11.9 Å². The number of nitrogens with zero attached hydrogens (tertiary/aromatic N) is 4. The first-order valence-corrected chi connectivity index (χ1v) is 9.09. The molecule has 2 aromatic rings. The summed E-state index contributed by atoms with van der Waals surface area (Å²) in [4.78, 5) is 18.5. The van der Waals surface area contributed by atoms with Gasteiger partial charge in [0.2, 0.25) is 5.91 Å². The Kier molecular flexibility index (Phi) is 5.68. The van der Waals surface area contributed by atoms with Crippen molar-refractivity contribution in [3.05, 3.63) is 42.5 Å². The van der Waals surface area contributed by atoms with Crippen molar-refractivity contribution >= 4 is 11.6 Å². The van der Waals surface area contributed by atoms with Gasteiger partial charge in [-0.1, -0.05) is 31.4 Å². The van der Waals surface area contributed by atoms with Gasteiger partial charge in [0.1, 0.15) is 18.7 Å². The number of benzene rings is 1. The van der Waals surface area contributed by atoms with E-state index in [1.165, 1.54) is 44.1 Å². The van der Waals surface area contributed by atoms with Crippen LogP contribution >= 0.6 is 0 Å². The summed E-state index contributed by atoms with van der Waals surface area (Å²) in [5.74, 6) is -0.0612. The van der Waals surface area contributed by atoms with Gasteiger partial charge in [-0.25, -0.2) is 9.67 Å². The van der Waals surface area contributed by atoms with E-state index < -0.39 is 0 Å². The van der Waals surface area contributed by atoms with Crippen molar-refractivity contribution in [2.24, 2.45) is 0 Å². The number of rotatable bonds is 6. The summed E-state index contributed by atoms with van der Waals surface area (Å²) in [7, 11) is 2.19. The molecule has 0 radical (unpaired) electrons. The van der Waals surface area contributed by atoms with E-state index in [2.05, 4.69) is 51.6 Å². The van der Waals surface area contributed by atoms with E-state index in [4.69, 9.17) is 0 Å². The molecule has 134 valence electrons. The smallest absolute Gasteiger partial charge is 0.244 e. The van der Waals surface area contributed by atoms with Crippen molar-refractivity contribution in [1.82, 2.24) is 20.1 Å². The molecule has 1 N–H and O–H groups in total. The highest BCUT2D eigenvalue weighted by atomic mass is 16.2. The molecule has 6 heteroatoms. The summed E-state index contributed by atoms with van der Waals surface area (Å²) in [6.45, 7) is 2.33. The number of aromatic nitrogens is 3. The minimum absolute atomic E-state index is 0.0612. The summed E-state index contributed by atoms with van der Waals surface area (Å²) in [5, 5.41) is 6.96. The lowest BCUT2D eigenvalue weighted by Crippen LogP contribution is -2.33. The van der Waals surface area contributed by atoms with E-state index in [0.717, 1.165) is 5.56 Å². The third-order valence-electron chi connectivity index (χ3n) is 5.15. The molecule has 1 aliphatic rings. The molecule has 1 saturated carbocycles. The maximum atomic E-state index is 12.2. The first kappa shape index (κ1) is 17.5. The van der Waals surface area contributed by atoms with Crippen molar-refractivity contribution in [3.8, 4) is 0 Å². The van der Waals surface area contributed by atoms with Crippen LogP contribution in [0.3, 0.4) is 0 Å². The van der Waals surface area contributed by atoms with Gasteiger partial charge < -0.3 is 10.2 Å². The highest BCUT2D eigenvalue weighted by Gasteiger charge is 2.18. The van der Waals surface area contributed by atoms with Gasteiger partial charge in [0.25, 0.3) is 0 Å². The quantitative estimate of drug-likeness (QED) is 0.877. The van der Waals surface area contributed by atoms with E-state index in [1.54, 1.807) is 11.0 Å². The predicted molar refractivity (Wildman–Crippen MR) is 98.3 cm³/mol. The van der Waals surface area contributed by atoms with Crippen LogP contribution in [-0.4, -0.2) is 33.8 Å². The van der Waals surface area contributed by atoms with Crippen LogP contribution in [0.1, 0.15) is 50.6 Å². The van der Waals surface area contributed by atoms with Gasteiger partial charge >= 0.3 is 0 Å². The molecule has 1 aliphatic carbocycles. The molecule has 3 rings (SSSR count). The van der Waals surface area contributed by atoms with Crippen LogP contribution < -0.4 is 10.2 Å². The molecule has 1 fully saturated rings. The Hall–Kier alpha value is -2.37. The maximum absolute atomic E-state index is 12.2.